The lowest BCUT2D eigenvalue weighted by Crippen LogP contribution is -2.65. The summed E-state index contributed by atoms with van der Waals surface area (Å²) in [6.07, 6.45) is 6.56. The van der Waals surface area contributed by atoms with Crippen LogP contribution in [0.5, 0.6) is 0 Å². The molecule has 0 spiro atoms. The molecule has 2 aliphatic rings. The fourth-order valence-corrected chi connectivity index (χ4v) is 11.9. The second kappa shape index (κ2) is 9.22. The SMILES string of the molecule is C[C@H]1[C@H](O)CC2C(C)(C)CCC[C@]2(C)[C@H]1CCC(C)(C)[Si](O)(c1ccccc1)c1ccccc1. The zero-order chi connectivity index (χ0) is 24.8. The van der Waals surface area contributed by atoms with Crippen molar-refractivity contribution in [3.8, 4) is 0 Å². The van der Waals surface area contributed by atoms with E-state index in [2.05, 4.69) is 90.1 Å². The van der Waals surface area contributed by atoms with Gasteiger partial charge in [0, 0.05) is 0 Å². The zero-order valence-electron chi connectivity index (χ0n) is 22.2. The Morgan fingerprint density at radius 3 is 1.97 bits per heavy atom. The van der Waals surface area contributed by atoms with Crippen molar-refractivity contribution < 1.29 is 9.90 Å². The van der Waals surface area contributed by atoms with Crippen molar-refractivity contribution in [3.05, 3.63) is 60.7 Å². The highest BCUT2D eigenvalue weighted by Crippen LogP contribution is 2.62. The average Bonchev–Trinajstić information content (AvgIpc) is 2.81. The van der Waals surface area contributed by atoms with Crippen LogP contribution in [0.4, 0.5) is 0 Å². The number of aliphatic hydroxyl groups excluding tert-OH is 1. The summed E-state index contributed by atoms with van der Waals surface area (Å²) in [7, 11) is -3.01. The van der Waals surface area contributed by atoms with E-state index in [0.29, 0.717) is 17.8 Å². The Labute approximate surface area is 209 Å². The maximum atomic E-state index is 12.6. The molecule has 4 rings (SSSR count). The molecule has 5 atom stereocenters. The summed E-state index contributed by atoms with van der Waals surface area (Å²) in [6, 6.07) is 20.8. The van der Waals surface area contributed by atoms with Gasteiger partial charge in [-0.3, -0.25) is 0 Å². The minimum absolute atomic E-state index is 0.220. The quantitative estimate of drug-likeness (QED) is 0.489. The molecule has 0 aliphatic heterocycles. The largest absolute Gasteiger partial charge is 0.424 e. The van der Waals surface area contributed by atoms with Crippen molar-refractivity contribution in [2.75, 3.05) is 0 Å². The number of hydrogen-bond acceptors (Lipinski definition) is 2. The molecule has 0 saturated heterocycles. The lowest BCUT2D eigenvalue weighted by Gasteiger charge is -2.60. The van der Waals surface area contributed by atoms with E-state index in [1.165, 1.54) is 19.3 Å². The van der Waals surface area contributed by atoms with Crippen LogP contribution in [-0.4, -0.2) is 24.3 Å². The van der Waals surface area contributed by atoms with Crippen molar-refractivity contribution in [1.29, 1.82) is 0 Å². The standard InChI is InChI=1S/C31H46O2Si/c1-23-26(31(6)20-13-19-29(2,3)28(31)22-27(23)32)18-21-30(4,5)34(33,24-14-9-7-10-15-24)25-16-11-8-12-17-25/h7-12,14-17,23,26-28,32-33H,13,18-22H2,1-6H3/t23-,26+,27-,28?,31-/m1/s1. The molecule has 0 aromatic heterocycles. The zero-order valence-corrected chi connectivity index (χ0v) is 23.2. The lowest BCUT2D eigenvalue weighted by molar-refractivity contribution is -0.142. The minimum atomic E-state index is -3.01. The van der Waals surface area contributed by atoms with Crippen LogP contribution in [0.1, 0.15) is 80.1 Å². The van der Waals surface area contributed by atoms with Crippen molar-refractivity contribution in [2.45, 2.75) is 91.2 Å². The first-order valence-electron chi connectivity index (χ1n) is 13.4. The van der Waals surface area contributed by atoms with E-state index in [4.69, 9.17) is 0 Å². The monoisotopic (exact) mass is 478 g/mol. The third-order valence-electron chi connectivity index (χ3n) is 10.3. The highest BCUT2D eigenvalue weighted by atomic mass is 28.4. The van der Waals surface area contributed by atoms with Crippen LogP contribution in [-0.2, 0) is 0 Å². The molecular formula is C31H46O2Si. The van der Waals surface area contributed by atoms with Crippen molar-refractivity contribution >= 4 is 18.7 Å². The summed E-state index contributed by atoms with van der Waals surface area (Å²) < 4.78 is 0. The van der Waals surface area contributed by atoms with E-state index in [1.54, 1.807) is 0 Å². The van der Waals surface area contributed by atoms with Gasteiger partial charge in [-0.05, 0) is 76.1 Å². The average molecular weight is 479 g/mol. The van der Waals surface area contributed by atoms with Gasteiger partial charge < -0.3 is 9.90 Å². The molecule has 2 aromatic rings. The third kappa shape index (κ3) is 4.22. The summed E-state index contributed by atoms with van der Waals surface area (Å²) in [6.45, 7) is 14.2. The Morgan fingerprint density at radius 2 is 1.44 bits per heavy atom. The molecule has 1 unspecified atom stereocenters. The first-order valence-corrected chi connectivity index (χ1v) is 15.4. The second-order valence-electron chi connectivity index (χ2n) is 13.0. The Bertz CT molecular complexity index is 914. The van der Waals surface area contributed by atoms with Crippen LogP contribution < -0.4 is 10.4 Å². The topological polar surface area (TPSA) is 40.5 Å². The van der Waals surface area contributed by atoms with E-state index in [9.17, 15) is 9.90 Å². The third-order valence-corrected chi connectivity index (χ3v) is 14.8. The highest BCUT2D eigenvalue weighted by Gasteiger charge is 2.57. The van der Waals surface area contributed by atoms with Gasteiger partial charge in [-0.25, -0.2) is 0 Å². The van der Waals surface area contributed by atoms with Gasteiger partial charge >= 0.3 is 0 Å². The summed E-state index contributed by atoms with van der Waals surface area (Å²) >= 11 is 0. The van der Waals surface area contributed by atoms with E-state index >= 15 is 0 Å². The molecule has 0 bridgehead atoms. The minimum Gasteiger partial charge on any atom is -0.424 e. The van der Waals surface area contributed by atoms with Crippen molar-refractivity contribution in [2.24, 2.45) is 28.6 Å². The Kier molecular flexibility index (Phi) is 6.96. The molecule has 2 aliphatic carbocycles. The van der Waals surface area contributed by atoms with E-state index < -0.39 is 8.32 Å². The van der Waals surface area contributed by atoms with Gasteiger partial charge in [-0.15, -0.1) is 0 Å². The van der Waals surface area contributed by atoms with Gasteiger partial charge in [0.2, 0.25) is 0 Å². The molecule has 2 fully saturated rings. The first-order chi connectivity index (χ1) is 15.9. The Morgan fingerprint density at radius 1 is 0.912 bits per heavy atom. The lowest BCUT2D eigenvalue weighted by atomic mass is 9.45. The summed E-state index contributed by atoms with van der Waals surface area (Å²) in [5, 5.41) is 13.1. The molecular weight excluding hydrogens is 432 g/mol. The number of fused-ring (bicyclic) bond motifs is 1. The molecule has 2 N–H and O–H groups in total. The van der Waals surface area contributed by atoms with Gasteiger partial charge in [-0.2, -0.15) is 0 Å². The van der Waals surface area contributed by atoms with Crippen LogP contribution in [0.15, 0.2) is 60.7 Å². The summed E-state index contributed by atoms with van der Waals surface area (Å²) in [5.41, 5.74) is 0.543. The molecule has 186 valence electrons. The second-order valence-corrected chi connectivity index (χ2v) is 17.0. The molecule has 0 heterocycles. The summed E-state index contributed by atoms with van der Waals surface area (Å²) in [5.74, 6) is 1.34. The van der Waals surface area contributed by atoms with Crippen LogP contribution in [0.3, 0.4) is 0 Å². The summed E-state index contributed by atoms with van der Waals surface area (Å²) in [4.78, 5) is 12.6. The fraction of sp³-hybridized carbons (Fsp3) is 0.613. The van der Waals surface area contributed by atoms with Crippen LogP contribution in [0, 0.1) is 28.6 Å². The smallest absolute Gasteiger partial charge is 0.258 e. The van der Waals surface area contributed by atoms with Crippen molar-refractivity contribution in [1.82, 2.24) is 0 Å². The molecule has 2 nitrogen and oxygen atoms in total. The Hall–Kier alpha value is -1.42. The molecule has 0 radical (unpaired) electrons. The van der Waals surface area contributed by atoms with Crippen LogP contribution in [0.25, 0.3) is 0 Å². The molecule has 34 heavy (non-hydrogen) atoms. The fourth-order valence-electron chi connectivity index (χ4n) is 8.12. The van der Waals surface area contributed by atoms with E-state index in [0.717, 1.165) is 29.6 Å². The van der Waals surface area contributed by atoms with Gasteiger partial charge in [-0.1, -0.05) is 109 Å². The van der Waals surface area contributed by atoms with Gasteiger partial charge in [0.25, 0.3) is 8.32 Å². The first kappa shape index (κ1) is 25.7. The Balaban J connectivity index is 1.68. The van der Waals surface area contributed by atoms with Gasteiger partial charge in [0.05, 0.1) is 6.10 Å². The maximum absolute atomic E-state index is 12.6. The van der Waals surface area contributed by atoms with E-state index in [1.807, 2.05) is 12.1 Å². The van der Waals surface area contributed by atoms with Crippen LogP contribution in [0.2, 0.25) is 5.04 Å². The number of aliphatic hydroxyl groups is 1. The maximum Gasteiger partial charge on any atom is 0.258 e. The van der Waals surface area contributed by atoms with E-state index in [-0.39, 0.29) is 22.0 Å². The molecule has 2 saturated carbocycles. The highest BCUT2D eigenvalue weighted by molar-refractivity contribution is 6.98. The van der Waals surface area contributed by atoms with Crippen molar-refractivity contribution in [3.63, 3.8) is 0 Å². The normalized spacial score (nSPS) is 31.6. The van der Waals surface area contributed by atoms with Crippen LogP contribution >= 0.6 is 0 Å². The molecule has 0 amide bonds. The predicted molar refractivity (Wildman–Crippen MR) is 146 cm³/mol. The molecule has 2 aromatic carbocycles. The van der Waals surface area contributed by atoms with Gasteiger partial charge in [0.1, 0.15) is 0 Å². The molecule has 3 heteroatoms. The number of benzene rings is 2. The predicted octanol–water partition coefficient (Wildman–Crippen LogP) is 6.15. The number of rotatable bonds is 6. The number of hydrogen-bond donors (Lipinski definition) is 2. The van der Waals surface area contributed by atoms with Gasteiger partial charge in [0.15, 0.2) is 0 Å².